The van der Waals surface area contributed by atoms with E-state index in [0.29, 0.717) is 5.92 Å². The van der Waals surface area contributed by atoms with Gasteiger partial charge >= 0.3 is 0 Å². The summed E-state index contributed by atoms with van der Waals surface area (Å²) in [4.78, 5) is 0. The van der Waals surface area contributed by atoms with Crippen LogP contribution in [0.2, 0.25) is 0 Å². The Labute approximate surface area is 211 Å². The molecule has 0 aromatic rings. The molecule has 0 aliphatic rings. The molecule has 190 valence electrons. The zero-order valence-electron chi connectivity index (χ0n) is 23.7. The molecule has 0 saturated carbocycles. The van der Waals surface area contributed by atoms with Crippen molar-refractivity contribution in [2.24, 2.45) is 11.3 Å². The lowest BCUT2D eigenvalue weighted by Crippen LogP contribution is -2.23. The Hall–Kier alpha value is -2.52. The molecule has 0 spiro atoms. The summed E-state index contributed by atoms with van der Waals surface area (Å²) in [6, 6.07) is 0.257. The van der Waals surface area contributed by atoms with E-state index in [1.807, 2.05) is 33.2 Å². The van der Waals surface area contributed by atoms with E-state index in [1.54, 1.807) is 0 Å². The first-order chi connectivity index (χ1) is 16.1. The first-order valence-electron chi connectivity index (χ1n) is 12.6. The minimum atomic E-state index is 0.0585. The summed E-state index contributed by atoms with van der Waals surface area (Å²) in [7, 11) is 4.00. The van der Waals surface area contributed by atoms with Crippen molar-refractivity contribution in [3.8, 4) is 0 Å². The zero-order valence-corrected chi connectivity index (χ0v) is 23.7. The van der Waals surface area contributed by atoms with Gasteiger partial charge in [0.1, 0.15) is 0 Å². The Balaban J connectivity index is 5.90. The summed E-state index contributed by atoms with van der Waals surface area (Å²) in [6.07, 6.45) is 24.5. The van der Waals surface area contributed by atoms with Crippen molar-refractivity contribution < 1.29 is 0 Å². The highest BCUT2D eigenvalue weighted by atomic mass is 14.9. The average Bonchev–Trinajstić information content (AvgIpc) is 2.81. The predicted octanol–water partition coefficient (Wildman–Crippen LogP) is 7.73. The molecule has 0 heterocycles. The quantitative estimate of drug-likeness (QED) is 0.230. The van der Waals surface area contributed by atoms with Gasteiger partial charge in [0.15, 0.2) is 0 Å². The molecular formula is C31H51N3. The summed E-state index contributed by atoms with van der Waals surface area (Å²) in [5.41, 5.74) is 6.16. The molecule has 0 saturated heterocycles. The first kappa shape index (κ1) is 31.5. The Morgan fingerprint density at radius 3 is 2.06 bits per heavy atom. The fourth-order valence-corrected chi connectivity index (χ4v) is 3.29. The number of hydrogen-bond donors (Lipinski definition) is 3. The molecule has 0 aromatic carbocycles. The standard InChI is InChI=1S/C31H51N3/c1-12-15-16-20-28(14-3)34-29(24(4)5)22-21-27(26(7)32-10)19-17-23-31(8,9)25(6)30(33-11)18-13-2/h12-22,24,26,32-34H,23H2,1-11H3/b15-12-,18-13-,19-17+,20-16-,27-21-,28-14+,29-22+,30-25-. The van der Waals surface area contributed by atoms with Gasteiger partial charge in [-0.25, -0.2) is 0 Å². The molecule has 3 N–H and O–H groups in total. The lowest BCUT2D eigenvalue weighted by molar-refractivity contribution is 0.447. The van der Waals surface area contributed by atoms with Gasteiger partial charge in [0.05, 0.1) is 0 Å². The number of hydrogen-bond acceptors (Lipinski definition) is 3. The predicted molar refractivity (Wildman–Crippen MR) is 154 cm³/mol. The van der Waals surface area contributed by atoms with E-state index >= 15 is 0 Å². The summed E-state index contributed by atoms with van der Waals surface area (Å²) in [5.74, 6) is 0.384. The molecule has 34 heavy (non-hydrogen) atoms. The second-order valence-electron chi connectivity index (χ2n) is 9.49. The van der Waals surface area contributed by atoms with E-state index in [2.05, 4.69) is 126 Å². The van der Waals surface area contributed by atoms with Crippen LogP contribution >= 0.6 is 0 Å². The largest absolute Gasteiger partial charge is 0.388 e. The maximum Gasteiger partial charge on any atom is 0.0338 e. The van der Waals surface area contributed by atoms with Crippen molar-refractivity contribution in [2.75, 3.05) is 14.1 Å². The number of rotatable bonds is 14. The van der Waals surface area contributed by atoms with Crippen LogP contribution in [0.3, 0.4) is 0 Å². The normalized spacial score (nSPS) is 16.4. The van der Waals surface area contributed by atoms with Gasteiger partial charge in [-0.3, -0.25) is 0 Å². The lowest BCUT2D eigenvalue weighted by Gasteiger charge is -2.27. The highest BCUT2D eigenvalue weighted by Crippen LogP contribution is 2.32. The molecular weight excluding hydrogens is 414 g/mol. The van der Waals surface area contributed by atoms with E-state index in [9.17, 15) is 0 Å². The molecule has 0 fully saturated rings. The third-order valence-electron chi connectivity index (χ3n) is 6.15. The molecule has 0 bridgehead atoms. The van der Waals surface area contributed by atoms with Crippen molar-refractivity contribution >= 4 is 0 Å². The van der Waals surface area contributed by atoms with Crippen LogP contribution in [0.15, 0.2) is 95.1 Å². The van der Waals surface area contributed by atoms with E-state index in [1.165, 1.54) is 22.5 Å². The minimum absolute atomic E-state index is 0.0585. The monoisotopic (exact) mass is 465 g/mol. The Morgan fingerprint density at radius 1 is 0.882 bits per heavy atom. The highest BCUT2D eigenvalue weighted by molar-refractivity contribution is 5.33. The van der Waals surface area contributed by atoms with Gasteiger partial charge in [0.25, 0.3) is 0 Å². The second-order valence-corrected chi connectivity index (χ2v) is 9.49. The van der Waals surface area contributed by atoms with Crippen molar-refractivity contribution in [3.63, 3.8) is 0 Å². The maximum absolute atomic E-state index is 3.59. The molecule has 0 aliphatic carbocycles. The van der Waals surface area contributed by atoms with Gasteiger partial charge in [-0.15, -0.1) is 0 Å². The van der Waals surface area contributed by atoms with Crippen LogP contribution in [0.25, 0.3) is 0 Å². The molecule has 1 atom stereocenters. The Morgan fingerprint density at radius 2 is 1.56 bits per heavy atom. The van der Waals surface area contributed by atoms with E-state index in [0.717, 1.165) is 12.1 Å². The fraction of sp³-hybridized carbons (Fsp3) is 0.484. The molecule has 0 radical (unpaired) electrons. The third kappa shape index (κ3) is 11.6. The maximum atomic E-state index is 3.59. The van der Waals surface area contributed by atoms with Crippen LogP contribution in [0.5, 0.6) is 0 Å². The molecule has 1 unspecified atom stereocenters. The Bertz CT molecular complexity index is 840. The van der Waals surface area contributed by atoms with Gasteiger partial charge in [0, 0.05) is 30.2 Å². The van der Waals surface area contributed by atoms with Crippen LogP contribution < -0.4 is 16.0 Å². The molecule has 0 rings (SSSR count). The highest BCUT2D eigenvalue weighted by Gasteiger charge is 2.21. The van der Waals surface area contributed by atoms with Gasteiger partial charge < -0.3 is 16.0 Å². The van der Waals surface area contributed by atoms with Gasteiger partial charge in [-0.05, 0) is 88.8 Å². The summed E-state index contributed by atoms with van der Waals surface area (Å²) < 4.78 is 0. The van der Waals surface area contributed by atoms with E-state index in [4.69, 9.17) is 0 Å². The van der Waals surface area contributed by atoms with Crippen LogP contribution in [-0.2, 0) is 0 Å². The van der Waals surface area contributed by atoms with Gasteiger partial charge in [-0.2, -0.15) is 0 Å². The van der Waals surface area contributed by atoms with Gasteiger partial charge in [0.2, 0.25) is 0 Å². The van der Waals surface area contributed by atoms with Crippen LogP contribution in [0.4, 0.5) is 0 Å². The molecule has 0 amide bonds. The SMILES string of the molecule is C\C=C/C=C\C(=C/C)N/C(=C/C=C(/C=C/CC(C)(C)/C(C)=C(/C=C\C)NC)C(C)NC)C(C)C. The molecule has 3 nitrogen and oxygen atoms in total. The van der Waals surface area contributed by atoms with Crippen molar-refractivity contribution in [1.29, 1.82) is 0 Å². The van der Waals surface area contributed by atoms with Crippen LogP contribution in [-0.4, -0.2) is 20.1 Å². The van der Waals surface area contributed by atoms with Gasteiger partial charge in [-0.1, -0.05) is 76.3 Å². The van der Waals surface area contributed by atoms with Crippen LogP contribution in [0.1, 0.15) is 68.7 Å². The van der Waals surface area contributed by atoms with E-state index < -0.39 is 0 Å². The van der Waals surface area contributed by atoms with Crippen molar-refractivity contribution in [1.82, 2.24) is 16.0 Å². The number of allylic oxidation sites excluding steroid dienone is 12. The number of likely N-dealkylation sites (N-methyl/N-ethyl adjacent to an activating group) is 2. The minimum Gasteiger partial charge on any atom is -0.388 e. The summed E-state index contributed by atoms with van der Waals surface area (Å²) >= 11 is 0. The topological polar surface area (TPSA) is 36.1 Å². The van der Waals surface area contributed by atoms with E-state index in [-0.39, 0.29) is 11.5 Å². The first-order valence-corrected chi connectivity index (χ1v) is 12.6. The number of nitrogens with one attached hydrogen (secondary N) is 3. The third-order valence-corrected chi connectivity index (χ3v) is 6.15. The van der Waals surface area contributed by atoms with Crippen molar-refractivity contribution in [2.45, 2.75) is 74.8 Å². The second kappa shape index (κ2) is 17.0. The van der Waals surface area contributed by atoms with Crippen molar-refractivity contribution in [3.05, 3.63) is 95.1 Å². The summed E-state index contributed by atoms with van der Waals surface area (Å²) in [6.45, 7) is 19.6. The summed E-state index contributed by atoms with van der Waals surface area (Å²) in [5, 5.41) is 10.3. The molecule has 0 aliphatic heterocycles. The average molecular weight is 466 g/mol. The molecule has 3 heteroatoms. The smallest absolute Gasteiger partial charge is 0.0338 e. The molecule has 0 aromatic heterocycles. The fourth-order valence-electron chi connectivity index (χ4n) is 3.29. The lowest BCUT2D eigenvalue weighted by atomic mass is 9.80. The van der Waals surface area contributed by atoms with Crippen LogP contribution in [0, 0.1) is 11.3 Å². The Kier molecular flexibility index (Phi) is 15.7. The zero-order chi connectivity index (χ0) is 26.1.